The lowest BCUT2D eigenvalue weighted by molar-refractivity contribution is 0.275. The van der Waals surface area contributed by atoms with Crippen LogP contribution in [0.15, 0.2) is 23.8 Å². The quantitative estimate of drug-likeness (QED) is 0.161. The normalized spacial score (nSPS) is 18.8. The van der Waals surface area contributed by atoms with Crippen LogP contribution in [0, 0.1) is 0 Å². The molecule has 0 amide bonds. The summed E-state index contributed by atoms with van der Waals surface area (Å²) in [6.07, 6.45) is 5.68. The van der Waals surface area contributed by atoms with Crippen molar-refractivity contribution in [1.29, 1.82) is 0 Å². The number of hydrogen-bond donors (Lipinski definition) is 0. The summed E-state index contributed by atoms with van der Waals surface area (Å²) >= 11 is 0. The molecule has 1 aliphatic rings. The Labute approximate surface area is 224 Å². The summed E-state index contributed by atoms with van der Waals surface area (Å²) < 4.78 is 25.1. The lowest BCUT2D eigenvalue weighted by Gasteiger charge is -2.38. The third-order valence-electron chi connectivity index (χ3n) is 8.62. The summed E-state index contributed by atoms with van der Waals surface area (Å²) in [6.45, 7) is 30.0. The number of rotatable bonds is 11. The maximum atomic E-state index is 6.87. The molecule has 0 radical (unpaired) electrons. The number of ether oxygens (including phenoxy) is 2. The molecule has 0 aliphatic carbocycles. The van der Waals surface area contributed by atoms with Gasteiger partial charge in [-0.15, -0.1) is 0 Å². The lowest BCUT2D eigenvalue weighted by Crippen LogP contribution is -2.44. The van der Waals surface area contributed by atoms with Gasteiger partial charge in [0.25, 0.3) is 8.32 Å². The van der Waals surface area contributed by atoms with Gasteiger partial charge in [0.05, 0.1) is 25.4 Å². The Hall–Kier alpha value is -1.09. The fourth-order valence-electron chi connectivity index (χ4n) is 3.60. The first-order valence-electron chi connectivity index (χ1n) is 13.6. The highest BCUT2D eigenvalue weighted by Crippen LogP contribution is 2.43. The molecule has 2 rings (SSSR count). The molecule has 1 saturated heterocycles. The number of benzene rings is 1. The standard InChI is InChI=1S/C30H54O4Si2/c1-22(16-18-26-30(8,9)33-26)15-17-24-19-23(21-32-35(11,12)28(2,3)4)20-25(31-10)27(24)34-36(13,14)29(5,6)7/h15,19-20,26H,16-18,21H2,1-14H3. The minimum atomic E-state index is -2.05. The minimum absolute atomic E-state index is 0.0519. The first kappa shape index (κ1) is 31.1. The molecule has 1 unspecified atom stereocenters. The van der Waals surface area contributed by atoms with Crippen molar-refractivity contribution >= 4 is 16.6 Å². The van der Waals surface area contributed by atoms with Gasteiger partial charge in [-0.05, 0) is 94.0 Å². The summed E-state index contributed by atoms with van der Waals surface area (Å²) in [7, 11) is -2.17. The maximum Gasteiger partial charge on any atom is 0.250 e. The van der Waals surface area contributed by atoms with Crippen molar-refractivity contribution in [3.05, 3.63) is 34.9 Å². The second-order valence-corrected chi connectivity index (χ2v) is 23.7. The third-order valence-corrected chi connectivity index (χ3v) is 17.4. The van der Waals surface area contributed by atoms with Gasteiger partial charge in [-0.25, -0.2) is 0 Å². The zero-order chi connectivity index (χ0) is 27.7. The van der Waals surface area contributed by atoms with Gasteiger partial charge in [0.2, 0.25) is 0 Å². The molecule has 0 spiro atoms. The Kier molecular flexibility index (Phi) is 9.47. The third kappa shape index (κ3) is 7.96. The lowest BCUT2D eigenvalue weighted by atomic mass is 10.0. The van der Waals surface area contributed by atoms with Crippen molar-refractivity contribution < 1.29 is 18.3 Å². The molecule has 1 fully saturated rings. The van der Waals surface area contributed by atoms with E-state index in [1.54, 1.807) is 7.11 Å². The number of epoxide rings is 1. The first-order chi connectivity index (χ1) is 16.2. The SMILES string of the molecule is COc1cc(CO[Si](C)(C)C(C)(C)C)cc(CC=C(C)CCC2OC2(C)C)c1O[Si](C)(C)C(C)(C)C. The molecule has 36 heavy (non-hydrogen) atoms. The van der Waals surface area contributed by atoms with E-state index < -0.39 is 16.6 Å². The van der Waals surface area contributed by atoms with E-state index in [0.717, 1.165) is 36.3 Å². The molecule has 0 N–H and O–H groups in total. The van der Waals surface area contributed by atoms with Gasteiger partial charge in [-0.2, -0.15) is 0 Å². The van der Waals surface area contributed by atoms with E-state index in [-0.39, 0.29) is 15.7 Å². The Balaban J connectivity index is 2.36. The molecule has 0 aromatic heterocycles. The minimum Gasteiger partial charge on any atom is -0.541 e. The highest BCUT2D eigenvalue weighted by atomic mass is 28.4. The molecule has 1 aliphatic heterocycles. The molecule has 206 valence electrons. The van der Waals surface area contributed by atoms with Gasteiger partial charge in [0, 0.05) is 5.56 Å². The van der Waals surface area contributed by atoms with E-state index in [1.807, 2.05) is 0 Å². The molecular formula is C30H54O4Si2. The van der Waals surface area contributed by atoms with Crippen LogP contribution in [0.4, 0.5) is 0 Å². The van der Waals surface area contributed by atoms with Crippen molar-refractivity contribution in [2.24, 2.45) is 0 Å². The molecular weight excluding hydrogens is 480 g/mol. The molecule has 0 bridgehead atoms. The van der Waals surface area contributed by atoms with Crippen LogP contribution in [0.5, 0.6) is 11.5 Å². The van der Waals surface area contributed by atoms with Gasteiger partial charge < -0.3 is 18.3 Å². The van der Waals surface area contributed by atoms with Crippen LogP contribution in [0.3, 0.4) is 0 Å². The predicted octanol–water partition coefficient (Wildman–Crippen LogP) is 9.05. The second kappa shape index (κ2) is 11.0. The molecule has 1 aromatic carbocycles. The van der Waals surface area contributed by atoms with E-state index in [9.17, 15) is 0 Å². The van der Waals surface area contributed by atoms with Gasteiger partial charge in [0.15, 0.2) is 14.1 Å². The Morgan fingerprint density at radius 1 is 1.00 bits per heavy atom. The second-order valence-electron chi connectivity index (χ2n) is 14.2. The summed E-state index contributed by atoms with van der Waals surface area (Å²) in [5, 5.41) is 0.271. The van der Waals surface area contributed by atoms with Crippen molar-refractivity contribution in [3.8, 4) is 11.5 Å². The van der Waals surface area contributed by atoms with Gasteiger partial charge in [-0.1, -0.05) is 53.2 Å². The summed E-state index contributed by atoms with van der Waals surface area (Å²) in [5.41, 5.74) is 3.77. The van der Waals surface area contributed by atoms with Crippen molar-refractivity contribution in [1.82, 2.24) is 0 Å². The molecule has 6 heteroatoms. The van der Waals surface area contributed by atoms with Crippen LogP contribution in [0.1, 0.15) is 86.3 Å². The van der Waals surface area contributed by atoms with Crippen molar-refractivity contribution in [3.63, 3.8) is 0 Å². The van der Waals surface area contributed by atoms with E-state index in [0.29, 0.717) is 12.7 Å². The topological polar surface area (TPSA) is 40.2 Å². The fourth-order valence-corrected chi connectivity index (χ4v) is 5.61. The summed E-state index contributed by atoms with van der Waals surface area (Å²) in [6, 6.07) is 4.39. The van der Waals surface area contributed by atoms with Crippen molar-refractivity contribution in [2.45, 2.75) is 136 Å². The van der Waals surface area contributed by atoms with Crippen molar-refractivity contribution in [2.75, 3.05) is 7.11 Å². The van der Waals surface area contributed by atoms with E-state index in [2.05, 4.69) is 107 Å². The maximum absolute atomic E-state index is 6.87. The van der Waals surface area contributed by atoms with Crippen LogP contribution in [-0.2, 0) is 22.2 Å². The summed E-state index contributed by atoms with van der Waals surface area (Å²) in [4.78, 5) is 0. The van der Waals surface area contributed by atoms with E-state index >= 15 is 0 Å². The average molecular weight is 535 g/mol. The van der Waals surface area contributed by atoms with Crippen LogP contribution in [0.25, 0.3) is 0 Å². The smallest absolute Gasteiger partial charge is 0.250 e. The largest absolute Gasteiger partial charge is 0.541 e. The molecule has 4 nitrogen and oxygen atoms in total. The predicted molar refractivity (Wildman–Crippen MR) is 158 cm³/mol. The zero-order valence-corrected chi connectivity index (χ0v) is 27.8. The molecule has 1 atom stereocenters. The fraction of sp³-hybridized carbons (Fsp3) is 0.733. The Morgan fingerprint density at radius 3 is 2.03 bits per heavy atom. The summed E-state index contributed by atoms with van der Waals surface area (Å²) in [5.74, 6) is 1.71. The number of allylic oxidation sites excluding steroid dienone is 2. The number of methoxy groups -OCH3 is 1. The van der Waals surface area contributed by atoms with Crippen LogP contribution < -0.4 is 9.16 Å². The van der Waals surface area contributed by atoms with Gasteiger partial charge >= 0.3 is 0 Å². The Bertz CT molecular complexity index is 933. The Morgan fingerprint density at radius 2 is 1.56 bits per heavy atom. The van der Waals surface area contributed by atoms with Gasteiger partial charge in [0.1, 0.15) is 5.75 Å². The average Bonchev–Trinajstić information content (AvgIpc) is 3.34. The van der Waals surface area contributed by atoms with E-state index in [1.165, 1.54) is 11.1 Å². The first-order valence-corrected chi connectivity index (χ1v) is 19.4. The zero-order valence-electron chi connectivity index (χ0n) is 25.8. The number of hydrogen-bond acceptors (Lipinski definition) is 4. The highest BCUT2D eigenvalue weighted by Gasteiger charge is 2.46. The molecule has 1 aromatic rings. The van der Waals surface area contributed by atoms with Crippen LogP contribution in [-0.4, -0.2) is 35.4 Å². The van der Waals surface area contributed by atoms with E-state index in [4.69, 9.17) is 18.3 Å². The van der Waals surface area contributed by atoms with Gasteiger partial charge in [-0.3, -0.25) is 0 Å². The molecule has 0 saturated carbocycles. The molecule has 1 heterocycles. The van der Waals surface area contributed by atoms with Crippen LogP contribution in [0.2, 0.25) is 36.3 Å². The highest BCUT2D eigenvalue weighted by molar-refractivity contribution is 6.75. The van der Waals surface area contributed by atoms with Crippen LogP contribution >= 0.6 is 0 Å². The monoisotopic (exact) mass is 534 g/mol.